The van der Waals surface area contributed by atoms with E-state index in [2.05, 4.69) is 17.9 Å². The first-order valence-corrected chi connectivity index (χ1v) is 7.91. The third-order valence-electron chi connectivity index (χ3n) is 3.15. The van der Waals surface area contributed by atoms with Crippen molar-refractivity contribution >= 4 is 36.4 Å². The molecule has 11 nitrogen and oxygen atoms in total. The SMILES string of the molecule is CC(O)C(O)N(CC(=O)O)C(=O)C(CS)NC(=O)CCC(N)C(=O)O. The van der Waals surface area contributed by atoms with Gasteiger partial charge in [-0.15, -0.1) is 0 Å². The number of carboxylic acid groups (broad SMARTS) is 2. The van der Waals surface area contributed by atoms with Crippen molar-refractivity contribution in [2.45, 2.75) is 44.2 Å². The summed E-state index contributed by atoms with van der Waals surface area (Å²) in [6.45, 7) is 0.267. The minimum atomic E-state index is -1.79. The Morgan fingerprint density at radius 2 is 1.76 bits per heavy atom. The molecule has 4 unspecified atom stereocenters. The number of aliphatic hydroxyl groups is 2. The monoisotopic (exact) mass is 381 g/mol. The standard InChI is InChI=1S/C13H23N3O8S/c1-6(17)11(21)16(4-10(19)20)12(22)8(5-25)15-9(18)3-2-7(14)13(23)24/h6-8,11,17,21,25H,2-5,14H2,1H3,(H,15,18)(H,19,20)(H,23,24). The first kappa shape index (κ1) is 23.1. The van der Waals surface area contributed by atoms with Crippen LogP contribution in [-0.4, -0.2) is 85.8 Å². The van der Waals surface area contributed by atoms with Gasteiger partial charge in [0, 0.05) is 12.2 Å². The zero-order valence-electron chi connectivity index (χ0n) is 13.5. The van der Waals surface area contributed by atoms with E-state index in [1.165, 1.54) is 0 Å². The molecule has 0 rings (SSSR count). The predicted octanol–water partition coefficient (Wildman–Crippen LogP) is -2.79. The van der Waals surface area contributed by atoms with Crippen molar-refractivity contribution in [2.24, 2.45) is 5.73 Å². The summed E-state index contributed by atoms with van der Waals surface area (Å²) >= 11 is 3.90. The van der Waals surface area contributed by atoms with Crippen LogP contribution in [0.5, 0.6) is 0 Å². The highest BCUT2D eigenvalue weighted by atomic mass is 32.1. The number of hydrogen-bond acceptors (Lipinski definition) is 8. The second kappa shape index (κ2) is 10.9. The quantitative estimate of drug-likeness (QED) is 0.146. The number of aliphatic carboxylic acids is 2. The summed E-state index contributed by atoms with van der Waals surface area (Å²) in [5, 5.41) is 38.9. The number of hydrogen-bond donors (Lipinski definition) is 7. The van der Waals surface area contributed by atoms with Gasteiger partial charge in [-0.25, -0.2) is 0 Å². The number of amides is 2. The number of aliphatic hydroxyl groups excluding tert-OH is 2. The molecular weight excluding hydrogens is 358 g/mol. The van der Waals surface area contributed by atoms with Crippen molar-refractivity contribution < 1.29 is 39.6 Å². The Hall–Kier alpha value is -1.89. The zero-order valence-corrected chi connectivity index (χ0v) is 14.4. The molecule has 4 atom stereocenters. The van der Waals surface area contributed by atoms with Gasteiger partial charge in [0.2, 0.25) is 11.8 Å². The van der Waals surface area contributed by atoms with Gasteiger partial charge in [-0.1, -0.05) is 0 Å². The molecule has 0 aromatic rings. The molecule has 0 aliphatic carbocycles. The molecule has 144 valence electrons. The van der Waals surface area contributed by atoms with Gasteiger partial charge in [0.05, 0.1) is 6.10 Å². The van der Waals surface area contributed by atoms with E-state index in [4.69, 9.17) is 15.9 Å². The number of thiol groups is 1. The lowest BCUT2D eigenvalue weighted by atomic mass is 10.1. The molecule has 12 heteroatoms. The van der Waals surface area contributed by atoms with Gasteiger partial charge < -0.3 is 36.4 Å². The lowest BCUT2D eigenvalue weighted by Crippen LogP contribution is -2.56. The van der Waals surface area contributed by atoms with Crippen molar-refractivity contribution in [2.75, 3.05) is 12.3 Å². The molecule has 0 spiro atoms. The highest BCUT2D eigenvalue weighted by Gasteiger charge is 2.32. The van der Waals surface area contributed by atoms with Gasteiger partial charge in [-0.05, 0) is 13.3 Å². The van der Waals surface area contributed by atoms with Crippen LogP contribution in [0.15, 0.2) is 0 Å². The summed E-state index contributed by atoms with van der Waals surface area (Å²) in [7, 11) is 0. The minimum absolute atomic E-state index is 0.163. The fourth-order valence-electron chi connectivity index (χ4n) is 1.77. The summed E-state index contributed by atoms with van der Waals surface area (Å²) in [5.74, 6) is -4.56. The largest absolute Gasteiger partial charge is 0.480 e. The Bertz CT molecular complexity index is 502. The Balaban J connectivity index is 4.97. The summed E-state index contributed by atoms with van der Waals surface area (Å²) < 4.78 is 0. The third-order valence-corrected chi connectivity index (χ3v) is 3.52. The Labute approximate surface area is 149 Å². The molecule has 0 aliphatic rings. The number of carbonyl (C=O) groups is 4. The predicted molar refractivity (Wildman–Crippen MR) is 87.7 cm³/mol. The van der Waals surface area contributed by atoms with E-state index in [-0.39, 0.29) is 18.6 Å². The van der Waals surface area contributed by atoms with Crippen LogP contribution >= 0.6 is 12.6 Å². The summed E-state index contributed by atoms with van der Waals surface area (Å²) in [6, 6.07) is -2.51. The van der Waals surface area contributed by atoms with Gasteiger partial charge in [0.1, 0.15) is 18.6 Å². The Kier molecular flexibility index (Phi) is 10.0. The van der Waals surface area contributed by atoms with Crippen LogP contribution < -0.4 is 11.1 Å². The van der Waals surface area contributed by atoms with Gasteiger partial charge in [0.25, 0.3) is 0 Å². The smallest absolute Gasteiger partial charge is 0.323 e. The van der Waals surface area contributed by atoms with Crippen molar-refractivity contribution in [3.8, 4) is 0 Å². The van der Waals surface area contributed by atoms with Crippen LogP contribution in [0.3, 0.4) is 0 Å². The van der Waals surface area contributed by atoms with Gasteiger partial charge in [0.15, 0.2) is 6.23 Å². The molecule has 0 bridgehead atoms. The van der Waals surface area contributed by atoms with E-state index in [1.807, 2.05) is 0 Å². The van der Waals surface area contributed by atoms with E-state index in [0.29, 0.717) is 4.90 Å². The van der Waals surface area contributed by atoms with Crippen LogP contribution in [0, 0.1) is 0 Å². The topological polar surface area (TPSA) is 190 Å². The molecule has 0 fully saturated rings. The van der Waals surface area contributed by atoms with Crippen molar-refractivity contribution in [3.05, 3.63) is 0 Å². The molecule has 0 aromatic heterocycles. The van der Waals surface area contributed by atoms with E-state index in [0.717, 1.165) is 6.92 Å². The van der Waals surface area contributed by atoms with E-state index in [1.54, 1.807) is 0 Å². The number of rotatable bonds is 11. The van der Waals surface area contributed by atoms with E-state index >= 15 is 0 Å². The highest BCUT2D eigenvalue weighted by molar-refractivity contribution is 7.80. The molecule has 0 saturated carbocycles. The second-order valence-electron chi connectivity index (χ2n) is 5.30. The number of nitrogens with zero attached hydrogens (tertiary/aromatic N) is 1. The molecule has 0 heterocycles. The normalized spacial score (nSPS) is 15.6. The number of carbonyl (C=O) groups excluding carboxylic acids is 2. The van der Waals surface area contributed by atoms with Crippen LogP contribution in [0.4, 0.5) is 0 Å². The summed E-state index contributed by atoms with van der Waals surface area (Å²) in [5.41, 5.74) is 5.27. The molecule has 2 amide bonds. The average Bonchev–Trinajstić information content (AvgIpc) is 2.53. The van der Waals surface area contributed by atoms with Crippen LogP contribution in [0.2, 0.25) is 0 Å². The van der Waals surface area contributed by atoms with E-state index < -0.39 is 54.7 Å². The number of nitrogens with two attached hydrogens (primary N) is 1. The molecular formula is C13H23N3O8S. The first-order valence-electron chi connectivity index (χ1n) is 7.28. The maximum atomic E-state index is 12.3. The fraction of sp³-hybridized carbons (Fsp3) is 0.692. The van der Waals surface area contributed by atoms with Gasteiger partial charge in [-0.3, -0.25) is 19.2 Å². The molecule has 0 radical (unpaired) electrons. The van der Waals surface area contributed by atoms with Crippen molar-refractivity contribution in [3.63, 3.8) is 0 Å². The number of carboxylic acids is 2. The Morgan fingerprint density at radius 3 is 2.16 bits per heavy atom. The number of nitrogens with one attached hydrogen (secondary N) is 1. The Morgan fingerprint density at radius 1 is 1.20 bits per heavy atom. The molecule has 0 saturated heterocycles. The highest BCUT2D eigenvalue weighted by Crippen LogP contribution is 2.07. The van der Waals surface area contributed by atoms with Crippen molar-refractivity contribution in [1.82, 2.24) is 10.2 Å². The van der Waals surface area contributed by atoms with Gasteiger partial charge in [-0.2, -0.15) is 12.6 Å². The van der Waals surface area contributed by atoms with Crippen LogP contribution in [0.1, 0.15) is 19.8 Å². The van der Waals surface area contributed by atoms with Gasteiger partial charge >= 0.3 is 11.9 Å². The molecule has 0 aliphatic heterocycles. The summed E-state index contributed by atoms with van der Waals surface area (Å²) in [6.07, 6.45) is -3.65. The summed E-state index contributed by atoms with van der Waals surface area (Å²) in [4.78, 5) is 46.1. The fourth-order valence-corrected chi connectivity index (χ4v) is 2.02. The lowest BCUT2D eigenvalue weighted by Gasteiger charge is -2.31. The minimum Gasteiger partial charge on any atom is -0.480 e. The first-order chi connectivity index (χ1) is 11.5. The maximum Gasteiger partial charge on any atom is 0.323 e. The molecule has 0 aromatic carbocycles. The van der Waals surface area contributed by atoms with Crippen LogP contribution in [-0.2, 0) is 19.2 Å². The average molecular weight is 381 g/mol. The van der Waals surface area contributed by atoms with Crippen LogP contribution in [0.25, 0.3) is 0 Å². The second-order valence-corrected chi connectivity index (χ2v) is 5.67. The zero-order chi connectivity index (χ0) is 19.7. The molecule has 7 N–H and O–H groups in total. The van der Waals surface area contributed by atoms with Crippen molar-refractivity contribution in [1.29, 1.82) is 0 Å². The van der Waals surface area contributed by atoms with E-state index in [9.17, 15) is 29.4 Å². The molecule has 25 heavy (non-hydrogen) atoms. The lowest BCUT2D eigenvalue weighted by molar-refractivity contribution is -0.160. The maximum absolute atomic E-state index is 12.3. The third kappa shape index (κ3) is 8.16.